The van der Waals surface area contributed by atoms with Crippen LogP contribution >= 0.6 is 0 Å². The SMILES string of the molecule is CC(C)(C)NS(=O)(=O)c1cccc(-c2ccc3cnc(Nc4ccc5nc(CO)[nH]c5c4)nn23)c1. The fourth-order valence-corrected chi connectivity index (χ4v) is 5.27. The van der Waals surface area contributed by atoms with Gasteiger partial charge in [-0.1, -0.05) is 12.1 Å². The van der Waals surface area contributed by atoms with Crippen LogP contribution in [0.25, 0.3) is 27.8 Å². The first-order chi connectivity index (χ1) is 16.6. The van der Waals surface area contributed by atoms with E-state index in [4.69, 9.17) is 0 Å². The zero-order valence-electron chi connectivity index (χ0n) is 19.4. The molecule has 35 heavy (non-hydrogen) atoms. The van der Waals surface area contributed by atoms with E-state index in [1.165, 1.54) is 0 Å². The molecule has 0 spiro atoms. The van der Waals surface area contributed by atoms with E-state index in [2.05, 4.69) is 30.1 Å². The number of nitrogens with zero attached hydrogens (tertiary/aromatic N) is 4. The molecule has 5 aromatic rings. The molecule has 2 aromatic carbocycles. The quantitative estimate of drug-likeness (QED) is 0.285. The number of sulfonamides is 1. The first kappa shape index (κ1) is 23.0. The zero-order valence-corrected chi connectivity index (χ0v) is 20.3. The molecule has 3 heterocycles. The Morgan fingerprint density at radius 2 is 1.91 bits per heavy atom. The van der Waals surface area contributed by atoms with E-state index < -0.39 is 15.6 Å². The molecule has 0 saturated heterocycles. The number of nitrogens with one attached hydrogen (secondary N) is 3. The highest BCUT2D eigenvalue weighted by molar-refractivity contribution is 7.89. The molecule has 0 fully saturated rings. The van der Waals surface area contributed by atoms with Gasteiger partial charge in [0.05, 0.1) is 33.3 Å². The Balaban J connectivity index is 1.48. The van der Waals surface area contributed by atoms with Crippen LogP contribution < -0.4 is 10.0 Å². The summed E-state index contributed by atoms with van der Waals surface area (Å²) in [5.74, 6) is 0.864. The summed E-state index contributed by atoms with van der Waals surface area (Å²) in [6.45, 7) is 5.24. The molecule has 0 atom stereocenters. The predicted octanol–water partition coefficient (Wildman–Crippen LogP) is 3.59. The van der Waals surface area contributed by atoms with Gasteiger partial charge in [0.2, 0.25) is 16.0 Å². The number of hydrogen-bond donors (Lipinski definition) is 4. The number of aromatic amines is 1. The van der Waals surface area contributed by atoms with Gasteiger partial charge in [-0.25, -0.2) is 27.6 Å². The van der Waals surface area contributed by atoms with Gasteiger partial charge in [-0.15, -0.1) is 5.10 Å². The minimum atomic E-state index is -3.68. The number of rotatable bonds is 6. The average Bonchev–Trinajstić information content (AvgIpc) is 3.41. The van der Waals surface area contributed by atoms with E-state index >= 15 is 0 Å². The summed E-state index contributed by atoms with van der Waals surface area (Å²) in [7, 11) is -3.68. The summed E-state index contributed by atoms with van der Waals surface area (Å²) in [6.07, 6.45) is 1.69. The smallest absolute Gasteiger partial charge is 0.245 e. The fourth-order valence-electron chi connectivity index (χ4n) is 3.81. The molecule has 4 N–H and O–H groups in total. The number of H-pyrrole nitrogens is 1. The van der Waals surface area contributed by atoms with Crippen LogP contribution in [-0.4, -0.2) is 43.6 Å². The number of aliphatic hydroxyl groups is 1. The van der Waals surface area contributed by atoms with Crippen molar-refractivity contribution in [3.63, 3.8) is 0 Å². The molecule has 10 nitrogen and oxygen atoms in total. The third-order valence-electron chi connectivity index (χ3n) is 5.22. The first-order valence-corrected chi connectivity index (χ1v) is 12.5. The van der Waals surface area contributed by atoms with Gasteiger partial charge in [0.25, 0.3) is 0 Å². The molecular weight excluding hydrogens is 466 g/mol. The molecule has 180 valence electrons. The maximum absolute atomic E-state index is 12.8. The van der Waals surface area contributed by atoms with Gasteiger partial charge in [-0.3, -0.25) is 0 Å². The lowest BCUT2D eigenvalue weighted by atomic mass is 10.1. The Kier molecular flexibility index (Phi) is 5.55. The van der Waals surface area contributed by atoms with E-state index in [0.29, 0.717) is 17.3 Å². The molecule has 0 aliphatic carbocycles. The maximum Gasteiger partial charge on any atom is 0.245 e. The molecule has 0 unspecified atom stereocenters. The maximum atomic E-state index is 12.8. The number of benzene rings is 2. The number of anilines is 2. The van der Waals surface area contributed by atoms with Crippen LogP contribution in [-0.2, 0) is 16.6 Å². The predicted molar refractivity (Wildman–Crippen MR) is 134 cm³/mol. The van der Waals surface area contributed by atoms with E-state index in [1.807, 2.05) is 36.4 Å². The summed E-state index contributed by atoms with van der Waals surface area (Å²) in [6, 6.07) is 16.1. The molecule has 0 aliphatic heterocycles. The van der Waals surface area contributed by atoms with Crippen LogP contribution in [0.4, 0.5) is 11.6 Å². The molecule has 5 rings (SSSR count). The van der Waals surface area contributed by atoms with Crippen LogP contribution in [0.5, 0.6) is 0 Å². The molecule has 3 aromatic heterocycles. The number of aromatic nitrogens is 5. The van der Waals surface area contributed by atoms with Crippen LogP contribution in [0.3, 0.4) is 0 Å². The molecule has 0 bridgehead atoms. The van der Waals surface area contributed by atoms with Crippen molar-refractivity contribution in [3.8, 4) is 11.3 Å². The monoisotopic (exact) mass is 491 g/mol. The van der Waals surface area contributed by atoms with Gasteiger partial charge in [-0.2, -0.15) is 0 Å². The summed E-state index contributed by atoms with van der Waals surface area (Å²) in [4.78, 5) is 11.9. The van der Waals surface area contributed by atoms with E-state index in [9.17, 15) is 13.5 Å². The minimum Gasteiger partial charge on any atom is -0.388 e. The van der Waals surface area contributed by atoms with Crippen molar-refractivity contribution in [2.45, 2.75) is 37.8 Å². The van der Waals surface area contributed by atoms with Gasteiger partial charge in [0.1, 0.15) is 12.4 Å². The minimum absolute atomic E-state index is 0.164. The highest BCUT2D eigenvalue weighted by Gasteiger charge is 2.22. The summed E-state index contributed by atoms with van der Waals surface area (Å²) in [5, 5.41) is 17.1. The van der Waals surface area contributed by atoms with E-state index in [-0.39, 0.29) is 11.5 Å². The highest BCUT2D eigenvalue weighted by Crippen LogP contribution is 2.26. The lowest BCUT2D eigenvalue weighted by Crippen LogP contribution is -2.40. The van der Waals surface area contributed by atoms with Crippen molar-refractivity contribution < 1.29 is 13.5 Å². The second-order valence-corrected chi connectivity index (χ2v) is 10.9. The molecule has 11 heteroatoms. The van der Waals surface area contributed by atoms with Gasteiger partial charge < -0.3 is 15.4 Å². The topological polar surface area (TPSA) is 137 Å². The van der Waals surface area contributed by atoms with Crippen molar-refractivity contribution in [1.29, 1.82) is 0 Å². The third-order valence-corrected chi connectivity index (χ3v) is 6.97. The first-order valence-electron chi connectivity index (χ1n) is 11.0. The van der Waals surface area contributed by atoms with Crippen LogP contribution in [0.15, 0.2) is 65.7 Å². The lowest BCUT2D eigenvalue weighted by molar-refractivity contribution is 0.273. The van der Waals surface area contributed by atoms with Crippen LogP contribution in [0.2, 0.25) is 0 Å². The summed E-state index contributed by atoms with van der Waals surface area (Å²) in [5.41, 5.74) is 3.89. The second kappa shape index (κ2) is 8.45. The average molecular weight is 492 g/mol. The van der Waals surface area contributed by atoms with Crippen LogP contribution in [0.1, 0.15) is 26.6 Å². The van der Waals surface area contributed by atoms with Crippen molar-refractivity contribution in [1.82, 2.24) is 29.3 Å². The van der Waals surface area contributed by atoms with E-state index in [1.54, 1.807) is 49.7 Å². The Hall–Kier alpha value is -3.80. The van der Waals surface area contributed by atoms with Gasteiger partial charge in [-0.05, 0) is 63.2 Å². The Morgan fingerprint density at radius 1 is 1.09 bits per heavy atom. The molecule has 0 aliphatic rings. The van der Waals surface area contributed by atoms with E-state index in [0.717, 1.165) is 27.9 Å². The van der Waals surface area contributed by atoms with Crippen molar-refractivity contribution in [3.05, 3.63) is 66.6 Å². The van der Waals surface area contributed by atoms with Gasteiger partial charge >= 0.3 is 0 Å². The normalized spacial score (nSPS) is 12.5. The van der Waals surface area contributed by atoms with Crippen LogP contribution in [0, 0.1) is 0 Å². The van der Waals surface area contributed by atoms with Gasteiger partial charge in [0.15, 0.2) is 0 Å². The standard InChI is InChI=1S/C24H25N7O3S/c1-24(2,3)30-35(33,34)18-6-4-5-15(11-18)21-10-8-17-13-25-23(29-31(17)21)26-16-7-9-19-20(12-16)28-22(14-32)27-19/h4-13,30,32H,14H2,1-3H3,(H,26,29)(H,27,28). The number of imidazole rings is 1. The lowest BCUT2D eigenvalue weighted by Gasteiger charge is -2.20. The number of aliphatic hydroxyl groups excluding tert-OH is 1. The summed E-state index contributed by atoms with van der Waals surface area (Å²) >= 11 is 0. The summed E-state index contributed by atoms with van der Waals surface area (Å²) < 4.78 is 30.1. The molecule has 0 saturated carbocycles. The zero-order chi connectivity index (χ0) is 24.8. The third kappa shape index (κ3) is 4.74. The Bertz CT molecular complexity index is 1650. The fraction of sp³-hybridized carbons (Fsp3) is 0.208. The Labute approximate surface area is 202 Å². The number of fused-ring (bicyclic) bond motifs is 2. The van der Waals surface area contributed by atoms with Crippen molar-refractivity contribution in [2.24, 2.45) is 0 Å². The Morgan fingerprint density at radius 3 is 2.69 bits per heavy atom. The highest BCUT2D eigenvalue weighted by atomic mass is 32.2. The van der Waals surface area contributed by atoms with Crippen molar-refractivity contribution >= 4 is 38.2 Å². The van der Waals surface area contributed by atoms with Crippen molar-refractivity contribution in [2.75, 3.05) is 5.32 Å². The second-order valence-electron chi connectivity index (χ2n) is 9.22. The molecular formula is C24H25N7O3S. The number of hydrogen-bond acceptors (Lipinski definition) is 7. The van der Waals surface area contributed by atoms with Gasteiger partial charge in [0, 0.05) is 16.8 Å². The largest absolute Gasteiger partial charge is 0.388 e. The molecule has 0 amide bonds. The molecule has 0 radical (unpaired) electrons.